The largest absolute Gasteiger partial charge is 0.348 e. The molecule has 0 N–H and O–H groups in total. The van der Waals surface area contributed by atoms with Crippen LogP contribution in [0.15, 0.2) is 11.6 Å². The van der Waals surface area contributed by atoms with Crippen molar-refractivity contribution in [3.8, 4) is 0 Å². The molecule has 0 atom stereocenters. The lowest BCUT2D eigenvalue weighted by atomic mass is 9.87. The van der Waals surface area contributed by atoms with Gasteiger partial charge in [0.2, 0.25) is 0 Å². The quantitative estimate of drug-likeness (QED) is 0.664. The molecular weight excluding hydrogens is 188 g/mol. The number of rotatable bonds is 4. The first kappa shape index (κ1) is 12.7. The zero-order valence-electron chi connectivity index (χ0n) is 10.5. The SMILES string of the molecule is CCC=C(C)C1OCC(C)(CCC)CO1. The Hall–Kier alpha value is -0.340. The molecule has 0 saturated carbocycles. The van der Waals surface area contributed by atoms with Crippen molar-refractivity contribution < 1.29 is 9.47 Å². The van der Waals surface area contributed by atoms with Crippen LogP contribution in [0.4, 0.5) is 0 Å². The maximum atomic E-state index is 5.77. The van der Waals surface area contributed by atoms with Crippen molar-refractivity contribution in [3.63, 3.8) is 0 Å². The van der Waals surface area contributed by atoms with E-state index in [4.69, 9.17) is 9.47 Å². The van der Waals surface area contributed by atoms with Crippen molar-refractivity contribution in [1.29, 1.82) is 0 Å². The van der Waals surface area contributed by atoms with Gasteiger partial charge in [0, 0.05) is 5.41 Å². The van der Waals surface area contributed by atoms with Crippen molar-refractivity contribution in [2.75, 3.05) is 13.2 Å². The minimum absolute atomic E-state index is 0.102. The van der Waals surface area contributed by atoms with Crippen LogP contribution in [0, 0.1) is 5.41 Å². The van der Waals surface area contributed by atoms with E-state index in [1.165, 1.54) is 18.4 Å². The molecule has 0 amide bonds. The van der Waals surface area contributed by atoms with Crippen LogP contribution in [-0.4, -0.2) is 19.5 Å². The third-order valence-electron chi connectivity index (χ3n) is 2.92. The smallest absolute Gasteiger partial charge is 0.179 e. The Bertz CT molecular complexity index is 213. The normalized spacial score (nSPS) is 33.1. The van der Waals surface area contributed by atoms with E-state index in [1.54, 1.807) is 0 Å². The van der Waals surface area contributed by atoms with Gasteiger partial charge in [-0.1, -0.05) is 33.3 Å². The summed E-state index contributed by atoms with van der Waals surface area (Å²) < 4.78 is 11.5. The van der Waals surface area contributed by atoms with Gasteiger partial charge in [-0.2, -0.15) is 0 Å². The van der Waals surface area contributed by atoms with E-state index in [1.807, 2.05) is 0 Å². The number of hydrogen-bond acceptors (Lipinski definition) is 2. The molecule has 0 unspecified atom stereocenters. The molecule has 1 fully saturated rings. The maximum absolute atomic E-state index is 5.77. The van der Waals surface area contributed by atoms with E-state index in [0.29, 0.717) is 0 Å². The fraction of sp³-hybridized carbons (Fsp3) is 0.846. The highest BCUT2D eigenvalue weighted by Crippen LogP contribution is 2.30. The average Bonchev–Trinajstić information content (AvgIpc) is 2.19. The molecule has 0 aromatic heterocycles. The summed E-state index contributed by atoms with van der Waals surface area (Å²) in [5.74, 6) is 0. The first-order valence-electron chi connectivity index (χ1n) is 6.01. The van der Waals surface area contributed by atoms with Crippen LogP contribution >= 0.6 is 0 Å². The summed E-state index contributed by atoms with van der Waals surface area (Å²) in [6.45, 7) is 10.3. The van der Waals surface area contributed by atoms with Gasteiger partial charge in [0.25, 0.3) is 0 Å². The fourth-order valence-corrected chi connectivity index (χ4v) is 2.07. The molecule has 2 nitrogen and oxygen atoms in total. The van der Waals surface area contributed by atoms with Crippen molar-refractivity contribution in [2.24, 2.45) is 5.41 Å². The van der Waals surface area contributed by atoms with Crippen LogP contribution < -0.4 is 0 Å². The van der Waals surface area contributed by atoms with E-state index in [0.717, 1.165) is 19.6 Å². The van der Waals surface area contributed by atoms with Crippen LogP contribution in [0.2, 0.25) is 0 Å². The molecule has 1 saturated heterocycles. The summed E-state index contributed by atoms with van der Waals surface area (Å²) in [6.07, 6.45) is 5.48. The Labute approximate surface area is 93.7 Å². The lowest BCUT2D eigenvalue weighted by Gasteiger charge is -2.37. The second-order valence-corrected chi connectivity index (χ2v) is 4.87. The Balaban J connectivity index is 2.45. The molecule has 15 heavy (non-hydrogen) atoms. The molecule has 88 valence electrons. The molecule has 0 aromatic rings. The monoisotopic (exact) mass is 212 g/mol. The minimum atomic E-state index is -0.102. The predicted octanol–water partition coefficient (Wildman–Crippen LogP) is 3.52. The van der Waals surface area contributed by atoms with Gasteiger partial charge in [0.1, 0.15) is 0 Å². The highest BCUT2D eigenvalue weighted by molar-refractivity contribution is 5.02. The summed E-state index contributed by atoms with van der Waals surface area (Å²) in [5, 5.41) is 0. The van der Waals surface area contributed by atoms with Crippen LogP contribution in [0.3, 0.4) is 0 Å². The second-order valence-electron chi connectivity index (χ2n) is 4.87. The molecule has 0 spiro atoms. The van der Waals surface area contributed by atoms with E-state index in [9.17, 15) is 0 Å². The van der Waals surface area contributed by atoms with Gasteiger partial charge < -0.3 is 9.47 Å². The van der Waals surface area contributed by atoms with Crippen LogP contribution in [0.1, 0.15) is 47.0 Å². The zero-order chi connectivity index (χ0) is 11.3. The van der Waals surface area contributed by atoms with Crippen molar-refractivity contribution in [1.82, 2.24) is 0 Å². The van der Waals surface area contributed by atoms with Gasteiger partial charge in [0.05, 0.1) is 13.2 Å². The van der Waals surface area contributed by atoms with Gasteiger partial charge in [-0.3, -0.25) is 0 Å². The van der Waals surface area contributed by atoms with Crippen LogP contribution in [-0.2, 0) is 9.47 Å². The standard InChI is InChI=1S/C13H24O2/c1-5-7-11(3)12-14-9-13(4,8-6-2)10-15-12/h7,12H,5-6,8-10H2,1-4H3. The molecule has 1 heterocycles. The van der Waals surface area contributed by atoms with Crippen molar-refractivity contribution in [3.05, 3.63) is 11.6 Å². The van der Waals surface area contributed by atoms with Crippen LogP contribution in [0.5, 0.6) is 0 Å². The highest BCUT2D eigenvalue weighted by Gasteiger charge is 2.32. The maximum Gasteiger partial charge on any atom is 0.179 e. The molecule has 0 radical (unpaired) electrons. The molecule has 1 rings (SSSR count). The van der Waals surface area contributed by atoms with Gasteiger partial charge in [-0.25, -0.2) is 0 Å². The number of allylic oxidation sites excluding steroid dienone is 1. The number of hydrogen-bond donors (Lipinski definition) is 0. The zero-order valence-corrected chi connectivity index (χ0v) is 10.5. The summed E-state index contributed by atoms with van der Waals surface area (Å²) in [5.41, 5.74) is 1.42. The fourth-order valence-electron chi connectivity index (χ4n) is 2.07. The Morgan fingerprint density at radius 2 is 1.93 bits per heavy atom. The first-order valence-corrected chi connectivity index (χ1v) is 6.01. The van der Waals surface area contributed by atoms with Gasteiger partial charge in [-0.15, -0.1) is 0 Å². The van der Waals surface area contributed by atoms with Gasteiger partial charge in [0.15, 0.2) is 6.29 Å². The predicted molar refractivity (Wildman–Crippen MR) is 62.8 cm³/mol. The molecular formula is C13H24O2. The molecule has 0 bridgehead atoms. The van der Waals surface area contributed by atoms with E-state index >= 15 is 0 Å². The molecule has 1 aliphatic rings. The topological polar surface area (TPSA) is 18.5 Å². The average molecular weight is 212 g/mol. The lowest BCUT2D eigenvalue weighted by Crippen LogP contribution is -2.40. The number of ether oxygens (including phenoxy) is 2. The second kappa shape index (κ2) is 5.66. The van der Waals surface area contributed by atoms with Gasteiger partial charge in [-0.05, 0) is 25.3 Å². The minimum Gasteiger partial charge on any atom is -0.348 e. The third kappa shape index (κ3) is 3.62. The molecule has 1 aliphatic heterocycles. The van der Waals surface area contributed by atoms with Gasteiger partial charge >= 0.3 is 0 Å². The summed E-state index contributed by atoms with van der Waals surface area (Å²) in [6, 6.07) is 0. The summed E-state index contributed by atoms with van der Waals surface area (Å²) in [7, 11) is 0. The summed E-state index contributed by atoms with van der Waals surface area (Å²) >= 11 is 0. The third-order valence-corrected chi connectivity index (χ3v) is 2.92. The van der Waals surface area contributed by atoms with Crippen molar-refractivity contribution >= 4 is 0 Å². The molecule has 2 heteroatoms. The Morgan fingerprint density at radius 1 is 1.33 bits per heavy atom. The molecule has 0 aromatic carbocycles. The highest BCUT2D eigenvalue weighted by atomic mass is 16.7. The Kier molecular flexibility index (Phi) is 4.81. The van der Waals surface area contributed by atoms with E-state index in [-0.39, 0.29) is 11.7 Å². The summed E-state index contributed by atoms with van der Waals surface area (Å²) in [4.78, 5) is 0. The van der Waals surface area contributed by atoms with Crippen LogP contribution in [0.25, 0.3) is 0 Å². The van der Waals surface area contributed by atoms with E-state index < -0.39 is 0 Å². The lowest BCUT2D eigenvalue weighted by molar-refractivity contribution is -0.209. The Morgan fingerprint density at radius 3 is 2.40 bits per heavy atom. The van der Waals surface area contributed by atoms with E-state index in [2.05, 4.69) is 33.8 Å². The van der Waals surface area contributed by atoms with Crippen molar-refractivity contribution in [2.45, 2.75) is 53.2 Å². The molecule has 0 aliphatic carbocycles. The first-order chi connectivity index (χ1) is 7.11.